The van der Waals surface area contributed by atoms with Crippen LogP contribution in [0.25, 0.3) is 0 Å². The van der Waals surface area contributed by atoms with Crippen LogP contribution in [0.1, 0.15) is 33.1 Å². The summed E-state index contributed by atoms with van der Waals surface area (Å²) in [5.41, 5.74) is 1.26. The normalized spacial score (nSPS) is 17.2. The molecule has 2 aromatic heterocycles. The van der Waals surface area contributed by atoms with Gasteiger partial charge in [-0.05, 0) is 29.6 Å². The van der Waals surface area contributed by atoms with E-state index in [1.807, 2.05) is 17.5 Å². The molecular weight excluding hydrogens is 380 g/mol. The van der Waals surface area contributed by atoms with Crippen molar-refractivity contribution in [2.24, 2.45) is 7.05 Å². The van der Waals surface area contributed by atoms with Crippen LogP contribution in [-0.4, -0.2) is 28.4 Å². The molecule has 0 unspecified atom stereocenters. The fourth-order valence-electron chi connectivity index (χ4n) is 3.53. The molecule has 0 saturated heterocycles. The first-order chi connectivity index (χ1) is 13.6. The summed E-state index contributed by atoms with van der Waals surface area (Å²) in [5.74, 6) is 1.69. The van der Waals surface area contributed by atoms with Crippen LogP contribution in [0.5, 0.6) is 11.5 Å². The van der Waals surface area contributed by atoms with E-state index in [1.54, 1.807) is 41.3 Å². The molecule has 2 N–H and O–H groups in total. The molecule has 0 aliphatic carbocycles. The summed E-state index contributed by atoms with van der Waals surface area (Å²) in [5, 5.41) is 12.2. The fourth-order valence-corrected chi connectivity index (χ4v) is 4.37. The van der Waals surface area contributed by atoms with Crippen LogP contribution in [0.2, 0.25) is 0 Å². The van der Waals surface area contributed by atoms with Gasteiger partial charge in [0, 0.05) is 35.4 Å². The van der Waals surface area contributed by atoms with E-state index in [0.29, 0.717) is 35.1 Å². The van der Waals surface area contributed by atoms with Gasteiger partial charge in [0.05, 0.1) is 0 Å². The third-order valence-electron chi connectivity index (χ3n) is 4.83. The van der Waals surface area contributed by atoms with Crippen molar-refractivity contribution in [3.8, 4) is 11.5 Å². The number of amides is 2. The van der Waals surface area contributed by atoms with Gasteiger partial charge in [0.15, 0.2) is 17.3 Å². The zero-order valence-electron chi connectivity index (χ0n) is 14.9. The Balaban J connectivity index is 1.50. The minimum Gasteiger partial charge on any atom is -0.454 e. The molecule has 1 aromatic carbocycles. The molecule has 0 saturated carbocycles. The van der Waals surface area contributed by atoms with E-state index in [0.717, 1.165) is 10.4 Å². The lowest BCUT2D eigenvalue weighted by Crippen LogP contribution is -2.24. The van der Waals surface area contributed by atoms with Crippen LogP contribution in [0.3, 0.4) is 0 Å². The molecule has 28 heavy (non-hydrogen) atoms. The number of benzene rings is 1. The number of ether oxygens (including phenoxy) is 2. The number of aryl methyl sites for hydroxylation is 1. The number of nitrogens with zero attached hydrogens (tertiary/aromatic N) is 2. The Bertz CT molecular complexity index is 1090. The first-order valence-electron chi connectivity index (χ1n) is 8.71. The van der Waals surface area contributed by atoms with Crippen molar-refractivity contribution in [3.63, 3.8) is 0 Å². The second kappa shape index (κ2) is 6.38. The standard InChI is InChI=1S/C19H16N4O4S/c1-23-18-16(11(8-15(24)20-18)14-3-2-6-28-14)17(22-23)21-19(25)10-4-5-12-13(7-10)27-9-26-12/h2-7,11H,8-9H2,1H3,(H,20,24)(H,21,22,25)/t11-/m0/s1. The predicted molar refractivity (Wildman–Crippen MR) is 103 cm³/mol. The number of hydrogen-bond donors (Lipinski definition) is 2. The molecular formula is C19H16N4O4S. The second-order valence-corrected chi connectivity index (χ2v) is 7.56. The lowest BCUT2D eigenvalue weighted by atomic mass is 9.92. The summed E-state index contributed by atoms with van der Waals surface area (Å²) in [6.07, 6.45) is 0.312. The highest BCUT2D eigenvalue weighted by molar-refractivity contribution is 7.10. The Morgan fingerprint density at radius 3 is 3.00 bits per heavy atom. The molecule has 0 spiro atoms. The molecule has 8 nitrogen and oxygen atoms in total. The van der Waals surface area contributed by atoms with E-state index in [1.165, 1.54) is 0 Å². The third-order valence-corrected chi connectivity index (χ3v) is 5.82. The number of thiophene rings is 1. The van der Waals surface area contributed by atoms with E-state index in [-0.39, 0.29) is 24.5 Å². The van der Waals surface area contributed by atoms with Crippen molar-refractivity contribution in [3.05, 3.63) is 51.7 Å². The average molecular weight is 396 g/mol. The van der Waals surface area contributed by atoms with Gasteiger partial charge in [-0.15, -0.1) is 11.3 Å². The summed E-state index contributed by atoms with van der Waals surface area (Å²) < 4.78 is 12.2. The molecule has 0 fully saturated rings. The second-order valence-electron chi connectivity index (χ2n) is 6.58. The highest BCUT2D eigenvalue weighted by atomic mass is 32.1. The Hall–Kier alpha value is -3.33. The van der Waals surface area contributed by atoms with E-state index in [2.05, 4.69) is 15.7 Å². The van der Waals surface area contributed by atoms with Crippen molar-refractivity contribution in [2.75, 3.05) is 17.4 Å². The molecule has 0 radical (unpaired) electrons. The Morgan fingerprint density at radius 2 is 2.18 bits per heavy atom. The molecule has 2 aliphatic rings. The molecule has 142 valence electrons. The lowest BCUT2D eigenvalue weighted by molar-refractivity contribution is -0.116. The highest BCUT2D eigenvalue weighted by Crippen LogP contribution is 2.43. The van der Waals surface area contributed by atoms with Gasteiger partial charge in [-0.1, -0.05) is 6.07 Å². The van der Waals surface area contributed by atoms with E-state index >= 15 is 0 Å². The third kappa shape index (κ3) is 2.71. The maximum atomic E-state index is 12.8. The number of fused-ring (bicyclic) bond motifs is 2. The van der Waals surface area contributed by atoms with Crippen LogP contribution in [0.4, 0.5) is 11.6 Å². The van der Waals surface area contributed by atoms with E-state index < -0.39 is 0 Å². The SMILES string of the molecule is Cn1nc(NC(=O)c2ccc3c(c2)OCO3)c2c1NC(=O)C[C@H]2c1cccs1. The molecule has 2 aliphatic heterocycles. The van der Waals surface area contributed by atoms with Gasteiger partial charge in [0.1, 0.15) is 5.82 Å². The number of rotatable bonds is 3. The van der Waals surface area contributed by atoms with Crippen molar-refractivity contribution in [1.29, 1.82) is 0 Å². The van der Waals surface area contributed by atoms with Crippen LogP contribution in [-0.2, 0) is 11.8 Å². The predicted octanol–water partition coefficient (Wildman–Crippen LogP) is 2.94. The number of anilines is 2. The first-order valence-corrected chi connectivity index (χ1v) is 9.59. The summed E-state index contributed by atoms with van der Waals surface area (Å²) in [7, 11) is 1.74. The summed E-state index contributed by atoms with van der Waals surface area (Å²) in [6, 6.07) is 8.98. The minimum atomic E-state index is -0.305. The van der Waals surface area contributed by atoms with Crippen LogP contribution in [0.15, 0.2) is 35.7 Å². The largest absolute Gasteiger partial charge is 0.454 e. The van der Waals surface area contributed by atoms with Gasteiger partial charge in [-0.3, -0.25) is 14.3 Å². The van der Waals surface area contributed by atoms with Crippen molar-refractivity contribution < 1.29 is 19.1 Å². The number of aromatic nitrogens is 2. The van der Waals surface area contributed by atoms with Gasteiger partial charge < -0.3 is 20.1 Å². The summed E-state index contributed by atoms with van der Waals surface area (Å²) in [4.78, 5) is 26.1. The van der Waals surface area contributed by atoms with Gasteiger partial charge >= 0.3 is 0 Å². The topological polar surface area (TPSA) is 94.5 Å². The van der Waals surface area contributed by atoms with Gasteiger partial charge in [0.25, 0.3) is 5.91 Å². The lowest BCUT2D eigenvalue weighted by Gasteiger charge is -2.23. The maximum Gasteiger partial charge on any atom is 0.257 e. The van der Waals surface area contributed by atoms with Crippen LogP contribution < -0.4 is 20.1 Å². The molecule has 2 amide bonds. The molecule has 3 aromatic rings. The molecule has 5 rings (SSSR count). The van der Waals surface area contributed by atoms with E-state index in [4.69, 9.17) is 9.47 Å². The van der Waals surface area contributed by atoms with E-state index in [9.17, 15) is 9.59 Å². The summed E-state index contributed by atoms with van der Waals surface area (Å²) >= 11 is 1.58. The first kappa shape index (κ1) is 16.8. The molecule has 9 heteroatoms. The summed E-state index contributed by atoms with van der Waals surface area (Å²) in [6.45, 7) is 0.149. The van der Waals surface area contributed by atoms with Gasteiger partial charge in [-0.2, -0.15) is 5.10 Å². The Labute approximate surface area is 164 Å². The average Bonchev–Trinajstić information content (AvgIpc) is 3.42. The Morgan fingerprint density at radius 1 is 1.32 bits per heavy atom. The van der Waals surface area contributed by atoms with Crippen molar-refractivity contribution >= 4 is 34.8 Å². The fraction of sp³-hybridized carbons (Fsp3) is 0.211. The smallest absolute Gasteiger partial charge is 0.257 e. The van der Waals surface area contributed by atoms with Crippen LogP contribution >= 0.6 is 11.3 Å². The number of nitrogens with one attached hydrogen (secondary N) is 2. The number of carbonyl (C=O) groups excluding carboxylic acids is 2. The minimum absolute atomic E-state index is 0.0671. The molecule has 1 atom stereocenters. The molecule has 0 bridgehead atoms. The zero-order chi connectivity index (χ0) is 19.3. The number of hydrogen-bond acceptors (Lipinski definition) is 6. The Kier molecular flexibility index (Phi) is 3.83. The zero-order valence-corrected chi connectivity index (χ0v) is 15.7. The van der Waals surface area contributed by atoms with Gasteiger partial charge in [0.2, 0.25) is 12.7 Å². The molecule has 4 heterocycles. The van der Waals surface area contributed by atoms with Crippen molar-refractivity contribution in [2.45, 2.75) is 12.3 Å². The quantitative estimate of drug-likeness (QED) is 0.710. The number of carbonyl (C=O) groups is 2. The maximum absolute atomic E-state index is 12.8. The van der Waals surface area contributed by atoms with Gasteiger partial charge in [-0.25, -0.2) is 0 Å². The van der Waals surface area contributed by atoms with Crippen molar-refractivity contribution in [1.82, 2.24) is 9.78 Å². The van der Waals surface area contributed by atoms with Crippen LogP contribution in [0, 0.1) is 0 Å². The monoisotopic (exact) mass is 396 g/mol. The highest BCUT2D eigenvalue weighted by Gasteiger charge is 2.34.